The molecule has 31 heavy (non-hydrogen) atoms. The Morgan fingerprint density at radius 2 is 2.06 bits per heavy atom. The van der Waals surface area contributed by atoms with Gasteiger partial charge in [-0.3, -0.25) is 9.59 Å². The van der Waals surface area contributed by atoms with Gasteiger partial charge in [-0.25, -0.2) is 14.6 Å². The maximum absolute atomic E-state index is 12.4. The molecule has 0 bridgehead atoms. The van der Waals surface area contributed by atoms with Gasteiger partial charge in [0.2, 0.25) is 11.8 Å². The molecular weight excluding hydrogens is 416 g/mol. The summed E-state index contributed by atoms with van der Waals surface area (Å²) in [6.45, 7) is 4.06. The van der Waals surface area contributed by atoms with Gasteiger partial charge in [-0.1, -0.05) is 6.07 Å². The average Bonchev–Trinajstić information content (AvgIpc) is 3.49. The largest absolute Gasteiger partial charge is 0.441 e. The second kappa shape index (κ2) is 8.92. The highest BCUT2D eigenvalue weighted by molar-refractivity contribution is 7.14. The lowest BCUT2D eigenvalue weighted by molar-refractivity contribution is -0.122. The third-order valence-electron chi connectivity index (χ3n) is 4.45. The molecule has 4 rings (SSSR count). The molecule has 0 atom stereocenters. The Morgan fingerprint density at radius 3 is 2.81 bits per heavy atom. The Labute approximate surface area is 182 Å². The molecule has 0 aliphatic carbocycles. The zero-order chi connectivity index (χ0) is 21.8. The van der Waals surface area contributed by atoms with Crippen molar-refractivity contribution in [3.05, 3.63) is 70.3 Å². The minimum Gasteiger partial charge on any atom is -0.441 e. The molecule has 0 unspecified atom stereocenters. The third kappa shape index (κ3) is 5.04. The summed E-state index contributed by atoms with van der Waals surface area (Å²) in [5.41, 5.74) is 2.00. The van der Waals surface area contributed by atoms with Crippen LogP contribution in [0.4, 0.5) is 5.69 Å². The van der Waals surface area contributed by atoms with E-state index in [1.807, 2.05) is 31.2 Å². The number of benzene rings is 1. The normalized spacial score (nSPS) is 10.8. The fraction of sp³-hybridized carbons (Fsp3) is 0.190. The van der Waals surface area contributed by atoms with Crippen LogP contribution in [0.1, 0.15) is 26.0 Å². The second-order valence-corrected chi connectivity index (χ2v) is 8.12. The van der Waals surface area contributed by atoms with E-state index in [9.17, 15) is 9.59 Å². The fourth-order valence-electron chi connectivity index (χ4n) is 2.89. The first-order valence-electron chi connectivity index (χ1n) is 9.51. The van der Waals surface area contributed by atoms with E-state index < -0.39 is 0 Å². The lowest BCUT2D eigenvalue weighted by Crippen LogP contribution is -2.27. The van der Waals surface area contributed by atoms with Crippen LogP contribution < -0.4 is 10.6 Å². The molecule has 0 fully saturated rings. The van der Waals surface area contributed by atoms with Crippen molar-refractivity contribution in [2.75, 3.05) is 5.32 Å². The van der Waals surface area contributed by atoms with E-state index in [4.69, 9.17) is 4.42 Å². The van der Waals surface area contributed by atoms with Crippen LogP contribution in [0.5, 0.6) is 0 Å². The lowest BCUT2D eigenvalue weighted by Gasteiger charge is -2.05. The number of rotatable bonds is 7. The number of nitrogens with zero attached hydrogens (tertiary/aromatic N) is 4. The summed E-state index contributed by atoms with van der Waals surface area (Å²) in [7, 11) is 0. The summed E-state index contributed by atoms with van der Waals surface area (Å²) in [6.07, 6.45) is 2.85. The summed E-state index contributed by atoms with van der Waals surface area (Å²) in [4.78, 5) is 34.5. The molecule has 4 aromatic rings. The molecule has 10 heteroatoms. The molecule has 0 saturated carbocycles. The van der Waals surface area contributed by atoms with Crippen molar-refractivity contribution >= 4 is 28.8 Å². The Bertz CT molecular complexity index is 1210. The number of anilines is 1. The zero-order valence-electron chi connectivity index (χ0n) is 17.0. The smallest absolute Gasteiger partial charge is 0.265 e. The number of amides is 2. The van der Waals surface area contributed by atoms with Crippen molar-refractivity contribution in [2.24, 2.45) is 0 Å². The molecule has 2 amide bonds. The van der Waals surface area contributed by atoms with Gasteiger partial charge in [0.15, 0.2) is 0 Å². The number of aryl methyl sites for hydroxylation is 2. The highest BCUT2D eigenvalue weighted by Gasteiger charge is 2.14. The van der Waals surface area contributed by atoms with Gasteiger partial charge in [-0.15, -0.1) is 11.3 Å². The van der Waals surface area contributed by atoms with Crippen molar-refractivity contribution in [1.29, 1.82) is 0 Å². The summed E-state index contributed by atoms with van der Waals surface area (Å²) in [6, 6.07) is 11.0. The minimum atomic E-state index is -0.206. The maximum Gasteiger partial charge on any atom is 0.265 e. The van der Waals surface area contributed by atoms with E-state index in [2.05, 4.69) is 25.7 Å². The molecule has 1 aromatic carbocycles. The Hall–Kier alpha value is -3.79. The van der Waals surface area contributed by atoms with E-state index in [0.29, 0.717) is 27.9 Å². The van der Waals surface area contributed by atoms with Gasteiger partial charge in [0.05, 0.1) is 11.4 Å². The van der Waals surface area contributed by atoms with E-state index in [0.717, 1.165) is 10.4 Å². The molecule has 0 saturated heterocycles. The minimum absolute atomic E-state index is 0.0786. The number of aromatic nitrogens is 4. The van der Waals surface area contributed by atoms with Crippen molar-refractivity contribution in [3.63, 3.8) is 0 Å². The van der Waals surface area contributed by atoms with Crippen LogP contribution in [0.25, 0.3) is 11.5 Å². The summed E-state index contributed by atoms with van der Waals surface area (Å²) in [5.74, 6) is 0.665. The average molecular weight is 436 g/mol. The Morgan fingerprint density at radius 1 is 1.19 bits per heavy atom. The summed E-state index contributed by atoms with van der Waals surface area (Å²) >= 11 is 1.44. The number of hydrogen-bond donors (Lipinski definition) is 2. The number of oxazole rings is 1. The van der Waals surface area contributed by atoms with Gasteiger partial charge >= 0.3 is 0 Å². The van der Waals surface area contributed by atoms with Crippen LogP contribution in [0, 0.1) is 13.8 Å². The fourth-order valence-corrected chi connectivity index (χ4v) is 3.66. The topological polar surface area (TPSA) is 115 Å². The molecule has 158 valence electrons. The van der Waals surface area contributed by atoms with E-state index >= 15 is 0 Å². The lowest BCUT2D eigenvalue weighted by atomic mass is 10.2. The predicted octanol–water partition coefficient (Wildman–Crippen LogP) is 3.18. The van der Waals surface area contributed by atoms with Crippen LogP contribution >= 0.6 is 11.3 Å². The van der Waals surface area contributed by atoms with E-state index in [1.165, 1.54) is 28.7 Å². The molecule has 3 heterocycles. The molecule has 3 aromatic heterocycles. The summed E-state index contributed by atoms with van der Waals surface area (Å²) in [5, 5.41) is 9.59. The van der Waals surface area contributed by atoms with Crippen molar-refractivity contribution in [2.45, 2.75) is 26.9 Å². The molecule has 0 aliphatic heterocycles. The molecule has 0 spiro atoms. The van der Waals surface area contributed by atoms with E-state index in [-0.39, 0.29) is 24.9 Å². The third-order valence-corrected chi connectivity index (χ3v) is 5.45. The Balaban J connectivity index is 1.42. The monoisotopic (exact) mass is 436 g/mol. The highest BCUT2D eigenvalue weighted by atomic mass is 32.1. The van der Waals surface area contributed by atoms with Gasteiger partial charge in [0.1, 0.15) is 30.7 Å². The van der Waals surface area contributed by atoms with Gasteiger partial charge in [-0.05, 0) is 44.2 Å². The van der Waals surface area contributed by atoms with Crippen LogP contribution in [0.15, 0.2) is 53.5 Å². The zero-order valence-corrected chi connectivity index (χ0v) is 17.8. The molecule has 2 N–H and O–H groups in total. The molecular formula is C21H20N6O3S. The number of carbonyl (C=O) groups is 2. The van der Waals surface area contributed by atoms with Crippen molar-refractivity contribution in [3.8, 4) is 11.5 Å². The van der Waals surface area contributed by atoms with Gasteiger partial charge < -0.3 is 15.1 Å². The molecule has 9 nitrogen and oxygen atoms in total. The number of hydrogen-bond acceptors (Lipinski definition) is 7. The first-order valence-corrected chi connectivity index (χ1v) is 10.3. The second-order valence-electron chi connectivity index (χ2n) is 6.84. The quantitative estimate of drug-likeness (QED) is 0.460. The van der Waals surface area contributed by atoms with Crippen LogP contribution in [-0.2, 0) is 17.9 Å². The Kier molecular flexibility index (Phi) is 5.89. The molecule has 0 aliphatic rings. The maximum atomic E-state index is 12.4. The van der Waals surface area contributed by atoms with E-state index in [1.54, 1.807) is 19.1 Å². The first-order chi connectivity index (χ1) is 15.0. The number of thiophene rings is 1. The molecule has 0 radical (unpaired) electrons. The standard InChI is InChI=1S/C21H20N6O3S/c1-13-6-7-18(31-13)20(29)25-16-5-3-4-15(8-16)21-26-17(14(2)30-21)9-23-19(28)10-27-12-22-11-24-27/h3-8,11-12H,9-10H2,1-2H3,(H,23,28)(H,25,29). The van der Waals surface area contributed by atoms with Crippen LogP contribution in [0.3, 0.4) is 0 Å². The SMILES string of the molecule is Cc1ccc(C(=O)Nc2cccc(-c3nc(CNC(=O)Cn4cncn4)c(C)o3)c2)s1. The number of nitrogens with one attached hydrogen (secondary N) is 2. The first kappa shape index (κ1) is 20.5. The summed E-state index contributed by atoms with van der Waals surface area (Å²) < 4.78 is 7.22. The van der Waals surface area contributed by atoms with Gasteiger partial charge in [0.25, 0.3) is 5.91 Å². The van der Waals surface area contributed by atoms with Gasteiger partial charge in [0, 0.05) is 16.1 Å². The van der Waals surface area contributed by atoms with Crippen molar-refractivity contribution in [1.82, 2.24) is 25.1 Å². The van der Waals surface area contributed by atoms with Crippen LogP contribution in [0.2, 0.25) is 0 Å². The highest BCUT2D eigenvalue weighted by Crippen LogP contribution is 2.25. The van der Waals surface area contributed by atoms with Crippen molar-refractivity contribution < 1.29 is 14.0 Å². The predicted molar refractivity (Wildman–Crippen MR) is 116 cm³/mol. The van der Waals surface area contributed by atoms with Crippen LogP contribution in [-0.4, -0.2) is 31.6 Å². The van der Waals surface area contributed by atoms with Gasteiger partial charge in [-0.2, -0.15) is 5.10 Å². The number of carbonyl (C=O) groups excluding carboxylic acids is 2.